The maximum absolute atomic E-state index is 12.0. The van der Waals surface area contributed by atoms with Gasteiger partial charge in [0, 0.05) is 11.3 Å². The highest BCUT2D eigenvalue weighted by molar-refractivity contribution is 8.00. The summed E-state index contributed by atoms with van der Waals surface area (Å²) >= 11 is 1.26. The van der Waals surface area contributed by atoms with Crippen molar-refractivity contribution in [3.05, 3.63) is 11.3 Å². The lowest BCUT2D eigenvalue weighted by Gasteiger charge is -2.47. The van der Waals surface area contributed by atoms with Crippen LogP contribution in [0.3, 0.4) is 0 Å². The topological polar surface area (TPSA) is 132 Å². The molecule has 0 bridgehead atoms. The number of rotatable bonds is 5. The molecule has 0 aromatic heterocycles. The van der Waals surface area contributed by atoms with Crippen molar-refractivity contribution in [2.45, 2.75) is 18.3 Å². The van der Waals surface area contributed by atoms with Crippen molar-refractivity contribution in [1.29, 1.82) is 0 Å². The van der Waals surface area contributed by atoms with Crippen LogP contribution in [0.25, 0.3) is 0 Å². The van der Waals surface area contributed by atoms with Crippen LogP contribution in [-0.4, -0.2) is 64.4 Å². The highest BCUT2D eigenvalue weighted by atomic mass is 32.2. The fraction of sp³-hybridized carbons (Fsp3) is 0.500. The lowest BCUT2D eigenvalue weighted by Crippen LogP contribution is -2.68. The number of esters is 1. The summed E-state index contributed by atoms with van der Waals surface area (Å²) in [6.45, 7) is 1.71. The molecule has 0 aliphatic carbocycles. The molecule has 1 fully saturated rings. The van der Waals surface area contributed by atoms with Gasteiger partial charge in [-0.3, -0.25) is 9.69 Å². The maximum atomic E-state index is 12.0. The highest BCUT2D eigenvalue weighted by Crippen LogP contribution is 2.39. The predicted octanol–water partition coefficient (Wildman–Crippen LogP) is -0.867. The minimum atomic E-state index is -1.34. The first-order chi connectivity index (χ1) is 10.4. The molecule has 2 aliphatic heterocycles. The molecule has 2 aliphatic rings. The molecule has 1 amide bonds. The molecule has 0 spiro atoms. The van der Waals surface area contributed by atoms with Gasteiger partial charge in [-0.15, -0.1) is 11.8 Å². The number of oxime groups is 1. The molecule has 0 aromatic rings. The minimum absolute atomic E-state index is 0.0781. The SMILES string of the molecule is CCOC(=O)C(=NOC)C1=C(C(=O)O)N2C(=O)[C@@H](N)[C@@H]2SC1. The third-order valence-electron chi connectivity index (χ3n) is 3.15. The second-order valence-corrected chi connectivity index (χ2v) is 5.52. The molecule has 9 nitrogen and oxygen atoms in total. The van der Waals surface area contributed by atoms with Gasteiger partial charge in [0.2, 0.25) is 5.91 Å². The Morgan fingerprint density at radius 1 is 1.55 bits per heavy atom. The molecule has 0 saturated carbocycles. The molecule has 1 saturated heterocycles. The Morgan fingerprint density at radius 3 is 2.77 bits per heavy atom. The van der Waals surface area contributed by atoms with Crippen LogP contribution in [0, 0.1) is 0 Å². The number of carboxylic acids is 1. The fourth-order valence-electron chi connectivity index (χ4n) is 2.20. The third kappa shape index (κ3) is 2.55. The molecule has 3 N–H and O–H groups in total. The Bertz CT molecular complexity index is 587. The number of hydrogen-bond donors (Lipinski definition) is 2. The number of β-lactam (4-membered cyclic amide) rings is 1. The van der Waals surface area contributed by atoms with Crippen molar-refractivity contribution in [2.24, 2.45) is 10.9 Å². The zero-order chi connectivity index (χ0) is 16.4. The number of carbonyl (C=O) groups excluding carboxylic acids is 2. The van der Waals surface area contributed by atoms with Gasteiger partial charge in [-0.1, -0.05) is 5.16 Å². The summed E-state index contributed by atoms with van der Waals surface area (Å²) in [6, 6.07) is -0.744. The number of aliphatic carboxylic acids is 1. The van der Waals surface area contributed by atoms with Crippen LogP contribution in [0.5, 0.6) is 0 Å². The van der Waals surface area contributed by atoms with Crippen molar-refractivity contribution >= 4 is 35.3 Å². The van der Waals surface area contributed by atoms with E-state index in [0.717, 1.165) is 4.90 Å². The van der Waals surface area contributed by atoms with Crippen LogP contribution < -0.4 is 5.73 Å². The smallest absolute Gasteiger partial charge is 0.360 e. The summed E-state index contributed by atoms with van der Waals surface area (Å²) < 4.78 is 4.85. The van der Waals surface area contributed by atoms with Gasteiger partial charge < -0.3 is 20.4 Å². The van der Waals surface area contributed by atoms with E-state index in [1.165, 1.54) is 18.9 Å². The van der Waals surface area contributed by atoms with E-state index in [2.05, 4.69) is 9.99 Å². The van der Waals surface area contributed by atoms with E-state index in [4.69, 9.17) is 10.5 Å². The normalized spacial score (nSPS) is 24.6. The van der Waals surface area contributed by atoms with Gasteiger partial charge in [0.15, 0.2) is 5.71 Å². The van der Waals surface area contributed by atoms with Crippen molar-refractivity contribution in [3.63, 3.8) is 0 Å². The molecular weight excluding hydrogens is 314 g/mol. The number of amides is 1. The number of thioether (sulfide) groups is 1. The molecule has 0 radical (unpaired) electrons. The Hall–Kier alpha value is -2.07. The van der Waals surface area contributed by atoms with Crippen molar-refractivity contribution < 1.29 is 29.1 Å². The number of carbonyl (C=O) groups is 3. The molecule has 10 heteroatoms. The zero-order valence-electron chi connectivity index (χ0n) is 11.9. The molecule has 0 unspecified atom stereocenters. The number of hydrogen-bond acceptors (Lipinski definition) is 8. The summed E-state index contributed by atoms with van der Waals surface area (Å²) in [5.41, 5.74) is 5.16. The van der Waals surface area contributed by atoms with Crippen molar-refractivity contribution in [1.82, 2.24) is 4.90 Å². The first kappa shape index (κ1) is 16.3. The van der Waals surface area contributed by atoms with Crippen LogP contribution in [0.15, 0.2) is 16.4 Å². The summed E-state index contributed by atoms with van der Waals surface area (Å²) in [6.07, 6.45) is 0. The number of fused-ring (bicyclic) bond motifs is 1. The summed E-state index contributed by atoms with van der Waals surface area (Å²) in [5.74, 6) is -2.50. The van der Waals surface area contributed by atoms with Crippen LogP contribution >= 0.6 is 11.8 Å². The Kier molecular flexibility index (Phi) is 4.71. The summed E-state index contributed by atoms with van der Waals surface area (Å²) in [5, 5.41) is 12.5. The van der Waals surface area contributed by atoms with Crippen LogP contribution in [0.2, 0.25) is 0 Å². The fourth-order valence-corrected chi connectivity index (χ4v) is 3.50. The molecule has 22 heavy (non-hydrogen) atoms. The molecular formula is C12H15N3O6S. The van der Waals surface area contributed by atoms with Gasteiger partial charge in [0.1, 0.15) is 24.2 Å². The average Bonchev–Trinajstić information content (AvgIpc) is 2.50. The first-order valence-electron chi connectivity index (χ1n) is 6.39. The average molecular weight is 329 g/mol. The van der Waals surface area contributed by atoms with Crippen molar-refractivity contribution in [3.8, 4) is 0 Å². The third-order valence-corrected chi connectivity index (χ3v) is 4.45. The van der Waals surface area contributed by atoms with Gasteiger partial charge in [-0.2, -0.15) is 0 Å². The minimum Gasteiger partial charge on any atom is -0.477 e. The van der Waals surface area contributed by atoms with E-state index in [1.807, 2.05) is 0 Å². The van der Waals surface area contributed by atoms with Gasteiger partial charge in [-0.05, 0) is 6.92 Å². The quantitative estimate of drug-likeness (QED) is 0.288. The lowest BCUT2D eigenvalue weighted by molar-refractivity contribution is -0.147. The van der Waals surface area contributed by atoms with Crippen molar-refractivity contribution in [2.75, 3.05) is 19.5 Å². The number of carboxylic acid groups (broad SMARTS) is 1. The van der Waals surface area contributed by atoms with Gasteiger partial charge >= 0.3 is 11.9 Å². The largest absolute Gasteiger partial charge is 0.477 e. The second-order valence-electron chi connectivity index (χ2n) is 4.41. The summed E-state index contributed by atoms with van der Waals surface area (Å²) in [4.78, 5) is 41.0. The molecule has 0 aromatic carbocycles. The summed E-state index contributed by atoms with van der Waals surface area (Å²) in [7, 11) is 1.23. The standard InChI is InChI=1S/C12H15N3O6S/c1-3-21-12(19)7(14-20-2)5-4-22-10-6(13)9(16)15(10)8(5)11(17)18/h6,10H,3-4,13H2,1-2H3,(H,17,18)/t6-,10+/m1/s1. The van der Waals surface area contributed by atoms with E-state index in [0.29, 0.717) is 0 Å². The second kappa shape index (κ2) is 6.36. The van der Waals surface area contributed by atoms with Gasteiger partial charge in [-0.25, -0.2) is 9.59 Å². The number of nitrogens with two attached hydrogens (primary N) is 1. The Labute approximate surface area is 130 Å². The Balaban J connectivity index is 2.48. The van der Waals surface area contributed by atoms with Crippen LogP contribution in [-0.2, 0) is 24.0 Å². The monoisotopic (exact) mass is 329 g/mol. The van der Waals surface area contributed by atoms with E-state index in [1.54, 1.807) is 6.92 Å². The molecule has 2 atom stereocenters. The van der Waals surface area contributed by atoms with Crippen LogP contribution in [0.4, 0.5) is 0 Å². The molecule has 2 heterocycles. The Morgan fingerprint density at radius 2 is 2.23 bits per heavy atom. The van der Waals surface area contributed by atoms with Gasteiger partial charge in [0.25, 0.3) is 0 Å². The van der Waals surface area contributed by atoms with E-state index in [-0.39, 0.29) is 29.3 Å². The van der Waals surface area contributed by atoms with Gasteiger partial charge in [0.05, 0.1) is 6.61 Å². The van der Waals surface area contributed by atoms with Crippen LogP contribution in [0.1, 0.15) is 6.92 Å². The lowest BCUT2D eigenvalue weighted by atomic mass is 10.0. The predicted molar refractivity (Wildman–Crippen MR) is 76.8 cm³/mol. The zero-order valence-corrected chi connectivity index (χ0v) is 12.8. The number of nitrogens with zero attached hydrogens (tertiary/aromatic N) is 2. The maximum Gasteiger partial charge on any atom is 0.360 e. The molecule has 2 rings (SSSR count). The van der Waals surface area contributed by atoms with E-state index < -0.39 is 29.3 Å². The molecule has 120 valence electrons. The number of ether oxygens (including phenoxy) is 1. The first-order valence-corrected chi connectivity index (χ1v) is 7.44. The van der Waals surface area contributed by atoms with E-state index >= 15 is 0 Å². The highest BCUT2D eigenvalue weighted by Gasteiger charge is 2.52. The van der Waals surface area contributed by atoms with E-state index in [9.17, 15) is 19.5 Å².